The largest absolute Gasteiger partial charge is 0.399 e. The van der Waals surface area contributed by atoms with Crippen LogP contribution in [-0.2, 0) is 19.4 Å². The molecule has 0 saturated heterocycles. The minimum Gasteiger partial charge on any atom is -0.399 e. The molecule has 0 spiro atoms. The van der Waals surface area contributed by atoms with Gasteiger partial charge in [-0.15, -0.1) is 10.2 Å². The normalized spacial score (nSPS) is 14.7. The van der Waals surface area contributed by atoms with E-state index in [2.05, 4.69) is 26.9 Å². The smallest absolute Gasteiger partial charge is 0.191 e. The fraction of sp³-hybridized carbons (Fsp3) is 0.500. The first-order valence-corrected chi connectivity index (χ1v) is 8.71. The van der Waals surface area contributed by atoms with Crippen molar-refractivity contribution in [2.45, 2.75) is 50.2 Å². The summed E-state index contributed by atoms with van der Waals surface area (Å²) in [6.07, 6.45) is 7.14. The Kier molecular flexibility index (Phi) is 4.80. The van der Waals surface area contributed by atoms with Crippen molar-refractivity contribution in [2.75, 3.05) is 11.5 Å². The molecular weight excluding hydrogens is 280 g/mol. The van der Waals surface area contributed by atoms with Gasteiger partial charge in [-0.1, -0.05) is 30.3 Å². The number of nitrogens with two attached hydrogens (primary N) is 1. The molecule has 0 aliphatic carbocycles. The molecule has 3 rings (SSSR count). The number of benzene rings is 1. The van der Waals surface area contributed by atoms with Gasteiger partial charge in [0.25, 0.3) is 0 Å². The van der Waals surface area contributed by atoms with Gasteiger partial charge in [-0.05, 0) is 43.4 Å². The Balaban J connectivity index is 1.49. The molecule has 21 heavy (non-hydrogen) atoms. The zero-order valence-corrected chi connectivity index (χ0v) is 13.1. The van der Waals surface area contributed by atoms with Gasteiger partial charge in [0.15, 0.2) is 5.16 Å². The minimum atomic E-state index is 0.833. The van der Waals surface area contributed by atoms with E-state index in [9.17, 15) is 0 Å². The van der Waals surface area contributed by atoms with Gasteiger partial charge in [0.1, 0.15) is 5.82 Å². The highest BCUT2D eigenvalue weighted by Crippen LogP contribution is 2.22. The average Bonchev–Trinajstić information content (AvgIpc) is 2.73. The van der Waals surface area contributed by atoms with Gasteiger partial charge < -0.3 is 10.3 Å². The summed E-state index contributed by atoms with van der Waals surface area (Å²) in [5, 5.41) is 9.80. The van der Waals surface area contributed by atoms with Gasteiger partial charge in [-0.3, -0.25) is 0 Å². The number of rotatable bonds is 5. The zero-order chi connectivity index (χ0) is 14.5. The van der Waals surface area contributed by atoms with E-state index >= 15 is 0 Å². The molecule has 1 aromatic heterocycles. The Morgan fingerprint density at radius 1 is 1.10 bits per heavy atom. The van der Waals surface area contributed by atoms with Crippen LogP contribution in [0.5, 0.6) is 0 Å². The summed E-state index contributed by atoms with van der Waals surface area (Å²) in [5.41, 5.74) is 7.89. The molecule has 112 valence electrons. The standard InChI is InChI=1S/C16H22N4S/c17-14-9-7-13(8-10-14)5-4-12-21-16-19-18-15-6-2-1-3-11-20(15)16/h7-10H,1-6,11-12,17H2. The average molecular weight is 302 g/mol. The molecule has 2 aromatic rings. The Labute approximate surface area is 130 Å². The Bertz CT molecular complexity index is 576. The number of aryl methyl sites for hydroxylation is 2. The number of thioether (sulfide) groups is 1. The molecule has 2 N–H and O–H groups in total. The zero-order valence-electron chi connectivity index (χ0n) is 12.3. The number of nitrogens with zero attached hydrogens (tertiary/aromatic N) is 3. The highest BCUT2D eigenvalue weighted by Gasteiger charge is 2.14. The Morgan fingerprint density at radius 2 is 1.95 bits per heavy atom. The van der Waals surface area contributed by atoms with Crippen molar-refractivity contribution in [3.8, 4) is 0 Å². The van der Waals surface area contributed by atoms with E-state index in [4.69, 9.17) is 5.73 Å². The topological polar surface area (TPSA) is 56.7 Å². The third-order valence-electron chi connectivity index (χ3n) is 3.90. The molecule has 0 atom stereocenters. The monoisotopic (exact) mass is 302 g/mol. The molecule has 5 heteroatoms. The first-order valence-electron chi connectivity index (χ1n) is 7.72. The van der Waals surface area contributed by atoms with Crippen molar-refractivity contribution in [3.05, 3.63) is 35.7 Å². The molecule has 0 fully saturated rings. The van der Waals surface area contributed by atoms with Crippen molar-refractivity contribution in [3.63, 3.8) is 0 Å². The Hall–Kier alpha value is -1.49. The molecule has 1 aliphatic heterocycles. The second-order valence-corrected chi connectivity index (χ2v) is 6.62. The van der Waals surface area contributed by atoms with Crippen molar-refractivity contribution >= 4 is 17.4 Å². The second kappa shape index (κ2) is 6.98. The maximum absolute atomic E-state index is 5.70. The second-order valence-electron chi connectivity index (χ2n) is 5.55. The third kappa shape index (κ3) is 3.79. The van der Waals surface area contributed by atoms with Crippen LogP contribution >= 0.6 is 11.8 Å². The van der Waals surface area contributed by atoms with Crippen LogP contribution in [0.15, 0.2) is 29.4 Å². The molecule has 0 unspecified atom stereocenters. The summed E-state index contributed by atoms with van der Waals surface area (Å²) >= 11 is 1.84. The van der Waals surface area contributed by atoms with E-state index in [1.54, 1.807) is 0 Å². The maximum atomic E-state index is 5.70. The number of hydrogen-bond donors (Lipinski definition) is 1. The molecule has 2 heterocycles. The van der Waals surface area contributed by atoms with Gasteiger partial charge >= 0.3 is 0 Å². The van der Waals surface area contributed by atoms with Crippen molar-refractivity contribution in [1.29, 1.82) is 0 Å². The molecule has 4 nitrogen and oxygen atoms in total. The molecular formula is C16H22N4S. The fourth-order valence-electron chi connectivity index (χ4n) is 2.69. The van der Waals surface area contributed by atoms with Crippen LogP contribution in [0.25, 0.3) is 0 Å². The molecule has 0 bridgehead atoms. The highest BCUT2D eigenvalue weighted by molar-refractivity contribution is 7.99. The minimum absolute atomic E-state index is 0.833. The van der Waals surface area contributed by atoms with Crippen molar-refractivity contribution < 1.29 is 0 Å². The number of anilines is 1. The lowest BCUT2D eigenvalue weighted by Crippen LogP contribution is -2.02. The van der Waals surface area contributed by atoms with E-state index in [1.807, 2.05) is 23.9 Å². The molecule has 0 amide bonds. The van der Waals surface area contributed by atoms with E-state index in [0.29, 0.717) is 0 Å². The molecule has 0 radical (unpaired) electrons. The van der Waals surface area contributed by atoms with Gasteiger partial charge in [0, 0.05) is 24.4 Å². The lowest BCUT2D eigenvalue weighted by Gasteiger charge is -2.06. The summed E-state index contributed by atoms with van der Waals surface area (Å²) in [4.78, 5) is 0. The van der Waals surface area contributed by atoms with Gasteiger partial charge in [-0.25, -0.2) is 0 Å². The summed E-state index contributed by atoms with van der Waals surface area (Å²) in [7, 11) is 0. The predicted octanol–water partition coefficient (Wildman–Crippen LogP) is 3.31. The van der Waals surface area contributed by atoms with Gasteiger partial charge in [0.2, 0.25) is 0 Å². The molecule has 1 aliphatic rings. The van der Waals surface area contributed by atoms with Crippen LogP contribution in [0.2, 0.25) is 0 Å². The number of aromatic nitrogens is 3. The van der Waals surface area contributed by atoms with E-state index in [-0.39, 0.29) is 0 Å². The van der Waals surface area contributed by atoms with Crippen LogP contribution in [0.4, 0.5) is 5.69 Å². The third-order valence-corrected chi connectivity index (χ3v) is 4.95. The summed E-state index contributed by atoms with van der Waals surface area (Å²) in [5.74, 6) is 2.26. The first-order chi connectivity index (χ1) is 10.3. The number of fused-ring (bicyclic) bond motifs is 1. The summed E-state index contributed by atoms with van der Waals surface area (Å²) < 4.78 is 2.32. The van der Waals surface area contributed by atoms with Crippen LogP contribution in [0, 0.1) is 0 Å². The van der Waals surface area contributed by atoms with E-state index in [1.165, 1.54) is 30.7 Å². The maximum Gasteiger partial charge on any atom is 0.191 e. The summed E-state index contributed by atoms with van der Waals surface area (Å²) in [6, 6.07) is 8.17. The van der Waals surface area contributed by atoms with E-state index < -0.39 is 0 Å². The quantitative estimate of drug-likeness (QED) is 0.523. The SMILES string of the molecule is Nc1ccc(CCCSc2nnc3n2CCCCC3)cc1. The number of nitrogen functional groups attached to an aromatic ring is 1. The lowest BCUT2D eigenvalue weighted by molar-refractivity contribution is 0.591. The van der Waals surface area contributed by atoms with E-state index in [0.717, 1.165) is 42.4 Å². The molecule has 0 saturated carbocycles. The predicted molar refractivity (Wildman–Crippen MR) is 87.5 cm³/mol. The summed E-state index contributed by atoms with van der Waals surface area (Å²) in [6.45, 7) is 1.09. The number of hydrogen-bond acceptors (Lipinski definition) is 4. The van der Waals surface area contributed by atoms with Gasteiger partial charge in [-0.2, -0.15) is 0 Å². The Morgan fingerprint density at radius 3 is 2.81 bits per heavy atom. The van der Waals surface area contributed by atoms with Crippen LogP contribution in [-0.4, -0.2) is 20.5 Å². The van der Waals surface area contributed by atoms with Crippen LogP contribution < -0.4 is 5.73 Å². The van der Waals surface area contributed by atoms with Crippen molar-refractivity contribution in [1.82, 2.24) is 14.8 Å². The van der Waals surface area contributed by atoms with Crippen molar-refractivity contribution in [2.24, 2.45) is 0 Å². The highest BCUT2D eigenvalue weighted by atomic mass is 32.2. The lowest BCUT2D eigenvalue weighted by atomic mass is 10.1. The van der Waals surface area contributed by atoms with Gasteiger partial charge in [0.05, 0.1) is 0 Å². The van der Waals surface area contributed by atoms with Crippen LogP contribution in [0.3, 0.4) is 0 Å². The first kappa shape index (κ1) is 14.4. The van der Waals surface area contributed by atoms with Crippen LogP contribution in [0.1, 0.15) is 37.1 Å². The molecule has 1 aromatic carbocycles. The fourth-order valence-corrected chi connectivity index (χ4v) is 3.61.